The van der Waals surface area contributed by atoms with Crippen LogP contribution in [0.5, 0.6) is 5.75 Å². The van der Waals surface area contributed by atoms with Crippen LogP contribution in [-0.4, -0.2) is 45.5 Å². The molecule has 0 fully saturated rings. The predicted octanol–water partition coefficient (Wildman–Crippen LogP) is 3.78. The van der Waals surface area contributed by atoms with Crippen molar-refractivity contribution < 1.29 is 13.9 Å². The van der Waals surface area contributed by atoms with Crippen LogP contribution in [0, 0.1) is 19.7 Å². The van der Waals surface area contributed by atoms with E-state index in [0.717, 1.165) is 17.1 Å². The summed E-state index contributed by atoms with van der Waals surface area (Å²) in [7, 11) is 3.12. The van der Waals surface area contributed by atoms with Gasteiger partial charge >= 0.3 is 0 Å². The Hall–Kier alpha value is -2.87. The molecule has 0 saturated heterocycles. The maximum absolute atomic E-state index is 13.9. The number of nitrogens with zero attached hydrogens (tertiary/aromatic N) is 4. The first-order valence-corrected chi connectivity index (χ1v) is 10.1. The fourth-order valence-electron chi connectivity index (χ4n) is 2.93. The van der Waals surface area contributed by atoms with E-state index in [4.69, 9.17) is 4.74 Å². The van der Waals surface area contributed by atoms with Crippen LogP contribution in [0.25, 0.3) is 5.69 Å². The van der Waals surface area contributed by atoms with Crippen molar-refractivity contribution in [3.8, 4) is 11.4 Å². The van der Waals surface area contributed by atoms with Gasteiger partial charge in [0, 0.05) is 13.6 Å². The third-order valence-electron chi connectivity index (χ3n) is 4.54. The molecule has 0 spiro atoms. The number of aromatic nitrogens is 3. The van der Waals surface area contributed by atoms with Gasteiger partial charge in [0.1, 0.15) is 5.82 Å². The highest BCUT2D eigenvalue weighted by atomic mass is 32.2. The Morgan fingerprint density at radius 2 is 1.97 bits per heavy atom. The van der Waals surface area contributed by atoms with Crippen LogP contribution in [-0.2, 0) is 11.3 Å². The number of carbonyl (C=O) groups is 1. The highest BCUT2D eigenvalue weighted by Gasteiger charge is 2.17. The topological polar surface area (TPSA) is 60.2 Å². The molecule has 0 aliphatic carbocycles. The molecule has 0 aliphatic heterocycles. The lowest BCUT2D eigenvalue weighted by Gasteiger charge is -2.17. The molecule has 0 bridgehead atoms. The van der Waals surface area contributed by atoms with Gasteiger partial charge in [-0.05, 0) is 43.2 Å². The Bertz CT molecular complexity index is 1020. The Balaban J connectivity index is 1.67. The normalized spacial score (nSPS) is 10.8. The summed E-state index contributed by atoms with van der Waals surface area (Å²) >= 11 is 1.33. The van der Waals surface area contributed by atoms with Gasteiger partial charge in [-0.2, -0.15) is 0 Å². The number of halogens is 1. The van der Waals surface area contributed by atoms with Gasteiger partial charge in [-0.25, -0.2) is 4.39 Å². The van der Waals surface area contributed by atoms with Crippen LogP contribution in [0.3, 0.4) is 0 Å². The van der Waals surface area contributed by atoms with Crippen LogP contribution in [0.4, 0.5) is 4.39 Å². The molecule has 1 amide bonds. The highest BCUT2D eigenvalue weighted by Crippen LogP contribution is 2.24. The largest absolute Gasteiger partial charge is 0.494 e. The molecule has 8 heteroatoms. The lowest BCUT2D eigenvalue weighted by molar-refractivity contribution is -0.127. The van der Waals surface area contributed by atoms with Crippen molar-refractivity contribution in [2.24, 2.45) is 0 Å². The number of hydrogen-bond acceptors (Lipinski definition) is 5. The third kappa shape index (κ3) is 4.76. The molecule has 6 nitrogen and oxygen atoms in total. The summed E-state index contributed by atoms with van der Waals surface area (Å²) in [4.78, 5) is 14.1. The smallest absolute Gasteiger partial charge is 0.233 e. The van der Waals surface area contributed by atoms with E-state index in [9.17, 15) is 9.18 Å². The zero-order chi connectivity index (χ0) is 21.0. The average molecular weight is 415 g/mol. The van der Waals surface area contributed by atoms with Crippen LogP contribution >= 0.6 is 11.8 Å². The van der Waals surface area contributed by atoms with Crippen LogP contribution < -0.4 is 4.74 Å². The maximum Gasteiger partial charge on any atom is 0.233 e. The molecule has 0 aliphatic rings. The van der Waals surface area contributed by atoms with Gasteiger partial charge in [0.15, 0.2) is 16.7 Å². The molecule has 0 unspecified atom stereocenters. The minimum absolute atomic E-state index is 0.0804. The summed E-state index contributed by atoms with van der Waals surface area (Å²) in [5.74, 6) is 0.629. The summed E-state index contributed by atoms with van der Waals surface area (Å²) in [5, 5.41) is 9.05. The number of amides is 1. The minimum Gasteiger partial charge on any atom is -0.494 e. The number of thioether (sulfide) groups is 1. The molecule has 3 rings (SSSR count). The molecule has 3 aromatic rings. The second-order valence-corrected chi connectivity index (χ2v) is 7.60. The summed E-state index contributed by atoms with van der Waals surface area (Å²) < 4.78 is 20.7. The molecule has 0 N–H and O–H groups in total. The van der Waals surface area contributed by atoms with Gasteiger partial charge in [0.2, 0.25) is 5.91 Å². The van der Waals surface area contributed by atoms with Gasteiger partial charge in [-0.1, -0.05) is 36.0 Å². The van der Waals surface area contributed by atoms with Crippen LogP contribution in [0.15, 0.2) is 47.6 Å². The van der Waals surface area contributed by atoms with E-state index in [-0.39, 0.29) is 17.4 Å². The Kier molecular flexibility index (Phi) is 6.53. The average Bonchev–Trinajstić information content (AvgIpc) is 3.07. The molecular formula is C21H23FN4O2S. The molecule has 152 valence electrons. The summed E-state index contributed by atoms with van der Waals surface area (Å²) in [6.07, 6.45) is 0. The van der Waals surface area contributed by atoms with E-state index >= 15 is 0 Å². The Morgan fingerprint density at radius 3 is 2.66 bits per heavy atom. The predicted molar refractivity (Wildman–Crippen MR) is 111 cm³/mol. The zero-order valence-electron chi connectivity index (χ0n) is 16.8. The van der Waals surface area contributed by atoms with E-state index in [0.29, 0.717) is 17.3 Å². The number of rotatable bonds is 7. The van der Waals surface area contributed by atoms with Crippen molar-refractivity contribution in [2.75, 3.05) is 19.9 Å². The van der Waals surface area contributed by atoms with Crippen molar-refractivity contribution in [2.45, 2.75) is 25.5 Å². The molecule has 0 saturated carbocycles. The van der Waals surface area contributed by atoms with Gasteiger partial charge in [-0.3, -0.25) is 9.36 Å². The quantitative estimate of drug-likeness (QED) is 0.551. The molecule has 1 aromatic heterocycles. The van der Waals surface area contributed by atoms with Crippen molar-refractivity contribution >= 4 is 17.7 Å². The van der Waals surface area contributed by atoms with Crippen molar-refractivity contribution in [3.05, 3.63) is 65.2 Å². The lowest BCUT2D eigenvalue weighted by Crippen LogP contribution is -2.28. The summed E-state index contributed by atoms with van der Waals surface area (Å²) in [6, 6.07) is 12.7. The monoisotopic (exact) mass is 414 g/mol. The van der Waals surface area contributed by atoms with Gasteiger partial charge in [-0.15, -0.1) is 10.2 Å². The van der Waals surface area contributed by atoms with E-state index in [2.05, 4.69) is 10.2 Å². The molecule has 2 aromatic carbocycles. The number of benzene rings is 2. The van der Waals surface area contributed by atoms with E-state index in [1.54, 1.807) is 24.1 Å². The minimum atomic E-state index is -0.443. The SMILES string of the molecule is COc1ccc(CN(C)C(=O)CSc2nnc(C)n2-c2ccccc2C)cc1F. The first-order valence-electron chi connectivity index (χ1n) is 9.08. The molecule has 1 heterocycles. The number of carbonyl (C=O) groups excluding carboxylic acids is 1. The van der Waals surface area contributed by atoms with Crippen LogP contribution in [0.2, 0.25) is 0 Å². The fourth-order valence-corrected chi connectivity index (χ4v) is 3.87. The van der Waals surface area contributed by atoms with E-state index in [1.807, 2.05) is 42.7 Å². The summed E-state index contributed by atoms with van der Waals surface area (Å²) in [6.45, 7) is 4.22. The zero-order valence-corrected chi connectivity index (χ0v) is 17.7. The van der Waals surface area contributed by atoms with Crippen molar-refractivity contribution in [1.29, 1.82) is 0 Å². The second kappa shape index (κ2) is 9.09. The third-order valence-corrected chi connectivity index (χ3v) is 5.45. The standard InChI is InChI=1S/C21H23FN4O2S/c1-14-7-5-6-8-18(14)26-15(2)23-24-21(26)29-13-20(27)25(3)12-16-9-10-19(28-4)17(22)11-16/h5-11H,12-13H2,1-4H3. The molecule has 0 radical (unpaired) electrons. The Morgan fingerprint density at radius 1 is 1.21 bits per heavy atom. The van der Waals surface area contributed by atoms with Crippen molar-refractivity contribution in [3.63, 3.8) is 0 Å². The lowest BCUT2D eigenvalue weighted by atomic mass is 10.2. The van der Waals surface area contributed by atoms with Gasteiger partial charge in [0.05, 0.1) is 18.6 Å². The highest BCUT2D eigenvalue weighted by molar-refractivity contribution is 7.99. The number of methoxy groups -OCH3 is 1. The molecule has 0 atom stereocenters. The van der Waals surface area contributed by atoms with E-state index < -0.39 is 5.82 Å². The molecule has 29 heavy (non-hydrogen) atoms. The number of ether oxygens (including phenoxy) is 1. The van der Waals surface area contributed by atoms with E-state index in [1.165, 1.54) is 24.9 Å². The second-order valence-electron chi connectivity index (χ2n) is 6.66. The summed E-state index contributed by atoms with van der Waals surface area (Å²) in [5.41, 5.74) is 2.79. The first kappa shape index (κ1) is 20.9. The molecular weight excluding hydrogens is 391 g/mol. The van der Waals surface area contributed by atoms with Crippen LogP contribution in [0.1, 0.15) is 17.0 Å². The van der Waals surface area contributed by atoms with Gasteiger partial charge < -0.3 is 9.64 Å². The maximum atomic E-state index is 13.9. The number of aryl methyl sites for hydroxylation is 2. The first-order chi connectivity index (χ1) is 13.9. The van der Waals surface area contributed by atoms with Gasteiger partial charge in [0.25, 0.3) is 0 Å². The fraction of sp³-hybridized carbons (Fsp3) is 0.286. The number of para-hydroxylation sites is 1. The number of hydrogen-bond donors (Lipinski definition) is 0. The Labute approximate surface area is 173 Å². The van der Waals surface area contributed by atoms with Crippen molar-refractivity contribution in [1.82, 2.24) is 19.7 Å².